The molecular weight excluding hydrogens is 322 g/mol. The van der Waals surface area contributed by atoms with Crippen LogP contribution in [0.3, 0.4) is 0 Å². The van der Waals surface area contributed by atoms with Crippen molar-refractivity contribution in [1.82, 2.24) is 10.0 Å². The van der Waals surface area contributed by atoms with Crippen LogP contribution in [0.15, 0.2) is 29.2 Å². The van der Waals surface area contributed by atoms with E-state index in [4.69, 9.17) is 4.74 Å². The molecule has 0 radical (unpaired) electrons. The maximum Gasteiger partial charge on any atom is 0.270 e. The van der Waals surface area contributed by atoms with Gasteiger partial charge in [0.2, 0.25) is 10.0 Å². The van der Waals surface area contributed by atoms with Gasteiger partial charge in [-0.3, -0.25) is 10.1 Å². The lowest BCUT2D eigenvalue weighted by atomic mass is 9.80. The van der Waals surface area contributed by atoms with Crippen LogP contribution in [0.25, 0.3) is 0 Å². The molecule has 0 saturated carbocycles. The first-order valence-corrected chi connectivity index (χ1v) is 8.81. The first-order chi connectivity index (χ1) is 10.9. The molecule has 0 unspecified atom stereocenters. The molecule has 8 nitrogen and oxygen atoms in total. The molecule has 23 heavy (non-hydrogen) atoms. The number of hydrogen-bond acceptors (Lipinski definition) is 6. The Morgan fingerprint density at radius 2 is 2.09 bits per heavy atom. The summed E-state index contributed by atoms with van der Waals surface area (Å²) in [7, 11) is -2.21. The number of benzene rings is 1. The number of ether oxygens (including phenoxy) is 1. The second-order valence-corrected chi connectivity index (χ2v) is 7.53. The summed E-state index contributed by atoms with van der Waals surface area (Å²) in [6.07, 6.45) is 1.61. The van der Waals surface area contributed by atoms with Crippen LogP contribution >= 0.6 is 0 Å². The Bertz CT molecular complexity index is 651. The standard InChI is InChI=1S/C14H21N3O5S/c1-22-11-14(5-7-15-8-6-14)10-16-23(20,21)13-4-2-3-12(9-13)17(18)19/h2-4,9,15-16H,5-8,10-11H2,1H3. The van der Waals surface area contributed by atoms with Gasteiger partial charge in [0, 0.05) is 31.2 Å². The lowest BCUT2D eigenvalue weighted by molar-refractivity contribution is -0.385. The smallest absolute Gasteiger partial charge is 0.270 e. The highest BCUT2D eigenvalue weighted by molar-refractivity contribution is 7.89. The predicted molar refractivity (Wildman–Crippen MR) is 84.7 cm³/mol. The second-order valence-electron chi connectivity index (χ2n) is 5.76. The highest BCUT2D eigenvalue weighted by atomic mass is 32.2. The summed E-state index contributed by atoms with van der Waals surface area (Å²) in [5.74, 6) is 0. The van der Waals surface area contributed by atoms with Crippen molar-refractivity contribution in [3.05, 3.63) is 34.4 Å². The lowest BCUT2D eigenvalue weighted by Crippen LogP contribution is -2.47. The molecule has 0 atom stereocenters. The van der Waals surface area contributed by atoms with Crippen LogP contribution in [0.2, 0.25) is 0 Å². The van der Waals surface area contributed by atoms with Gasteiger partial charge < -0.3 is 10.1 Å². The molecule has 0 aliphatic carbocycles. The average Bonchev–Trinajstić information content (AvgIpc) is 2.54. The van der Waals surface area contributed by atoms with Gasteiger partial charge in [-0.05, 0) is 32.0 Å². The van der Waals surface area contributed by atoms with E-state index in [2.05, 4.69) is 10.0 Å². The molecule has 1 aliphatic heterocycles. The third kappa shape index (κ3) is 4.47. The fourth-order valence-corrected chi connectivity index (χ4v) is 3.93. The minimum atomic E-state index is -3.80. The third-order valence-electron chi connectivity index (χ3n) is 4.09. The van der Waals surface area contributed by atoms with E-state index in [1.165, 1.54) is 18.2 Å². The van der Waals surface area contributed by atoms with Crippen molar-refractivity contribution >= 4 is 15.7 Å². The van der Waals surface area contributed by atoms with Crippen LogP contribution in [-0.4, -0.2) is 46.7 Å². The SMILES string of the molecule is COCC1(CNS(=O)(=O)c2cccc([N+](=O)[O-])c2)CCNCC1. The number of rotatable bonds is 7. The second kappa shape index (κ2) is 7.35. The highest BCUT2D eigenvalue weighted by Gasteiger charge is 2.33. The maximum absolute atomic E-state index is 12.4. The van der Waals surface area contributed by atoms with E-state index in [0.29, 0.717) is 6.61 Å². The van der Waals surface area contributed by atoms with Crippen molar-refractivity contribution in [3.8, 4) is 0 Å². The number of hydrogen-bond donors (Lipinski definition) is 2. The summed E-state index contributed by atoms with van der Waals surface area (Å²) >= 11 is 0. The van der Waals surface area contributed by atoms with Crippen molar-refractivity contribution in [2.24, 2.45) is 5.41 Å². The lowest BCUT2D eigenvalue weighted by Gasteiger charge is -2.37. The van der Waals surface area contributed by atoms with Gasteiger partial charge in [-0.2, -0.15) is 0 Å². The van der Waals surface area contributed by atoms with E-state index in [9.17, 15) is 18.5 Å². The number of nitro benzene ring substituents is 1. The molecule has 0 aromatic heterocycles. The Hall–Kier alpha value is -1.55. The Morgan fingerprint density at radius 3 is 2.70 bits per heavy atom. The Kier molecular flexibility index (Phi) is 5.69. The molecule has 1 fully saturated rings. The summed E-state index contributed by atoms with van der Waals surface area (Å²) in [5, 5.41) is 14.0. The third-order valence-corrected chi connectivity index (χ3v) is 5.49. The summed E-state index contributed by atoms with van der Waals surface area (Å²) in [5.41, 5.74) is -0.505. The molecule has 1 saturated heterocycles. The zero-order valence-electron chi connectivity index (χ0n) is 12.9. The van der Waals surface area contributed by atoms with Crippen molar-refractivity contribution in [2.75, 3.05) is 33.4 Å². The number of nitrogens with one attached hydrogen (secondary N) is 2. The average molecular weight is 343 g/mol. The molecule has 0 amide bonds. The van der Waals surface area contributed by atoms with Crippen LogP contribution in [0.5, 0.6) is 0 Å². The zero-order chi connectivity index (χ0) is 16.9. The van der Waals surface area contributed by atoms with E-state index in [1.54, 1.807) is 7.11 Å². The van der Waals surface area contributed by atoms with Crippen LogP contribution in [0.4, 0.5) is 5.69 Å². The molecule has 1 aromatic carbocycles. The Labute approximate surface area is 135 Å². The first-order valence-electron chi connectivity index (χ1n) is 7.32. The van der Waals surface area contributed by atoms with E-state index >= 15 is 0 Å². The zero-order valence-corrected chi connectivity index (χ0v) is 13.8. The minimum absolute atomic E-state index is 0.104. The van der Waals surface area contributed by atoms with Crippen LogP contribution in [-0.2, 0) is 14.8 Å². The van der Waals surface area contributed by atoms with Gasteiger partial charge in [-0.15, -0.1) is 0 Å². The molecule has 1 aromatic rings. The van der Waals surface area contributed by atoms with Crippen molar-refractivity contribution in [3.63, 3.8) is 0 Å². The van der Waals surface area contributed by atoms with Crippen molar-refractivity contribution in [2.45, 2.75) is 17.7 Å². The monoisotopic (exact) mass is 343 g/mol. The Balaban J connectivity index is 2.14. The predicted octanol–water partition coefficient (Wildman–Crippen LogP) is 0.889. The summed E-state index contributed by atoms with van der Waals surface area (Å²) < 4.78 is 32.6. The number of non-ortho nitro benzene ring substituents is 1. The number of sulfonamides is 1. The fourth-order valence-electron chi connectivity index (χ4n) is 2.73. The van der Waals surface area contributed by atoms with Crippen molar-refractivity contribution in [1.29, 1.82) is 0 Å². The van der Waals surface area contributed by atoms with Gasteiger partial charge in [-0.25, -0.2) is 13.1 Å². The van der Waals surface area contributed by atoms with Gasteiger partial charge in [0.05, 0.1) is 16.4 Å². The summed E-state index contributed by atoms with van der Waals surface area (Å²) in [6, 6.07) is 5.04. The molecule has 0 spiro atoms. The van der Waals surface area contributed by atoms with Gasteiger partial charge >= 0.3 is 0 Å². The molecule has 2 N–H and O–H groups in total. The molecule has 128 valence electrons. The number of piperidine rings is 1. The molecule has 2 rings (SSSR count). The van der Waals surface area contributed by atoms with Gasteiger partial charge in [0.15, 0.2) is 0 Å². The van der Waals surface area contributed by atoms with Crippen LogP contribution in [0.1, 0.15) is 12.8 Å². The molecule has 0 bridgehead atoms. The highest BCUT2D eigenvalue weighted by Crippen LogP contribution is 2.29. The summed E-state index contributed by atoms with van der Waals surface area (Å²) in [4.78, 5) is 10.1. The van der Waals surface area contributed by atoms with E-state index < -0.39 is 14.9 Å². The number of nitro groups is 1. The molecular formula is C14H21N3O5S. The molecule has 1 heterocycles. The van der Waals surface area contributed by atoms with E-state index in [0.717, 1.165) is 32.0 Å². The number of nitrogens with zero attached hydrogens (tertiary/aromatic N) is 1. The largest absolute Gasteiger partial charge is 0.384 e. The topological polar surface area (TPSA) is 111 Å². The van der Waals surface area contributed by atoms with Crippen LogP contribution < -0.4 is 10.0 Å². The van der Waals surface area contributed by atoms with E-state index in [1.807, 2.05) is 0 Å². The van der Waals surface area contributed by atoms with Crippen LogP contribution in [0, 0.1) is 15.5 Å². The van der Waals surface area contributed by atoms with Crippen molar-refractivity contribution < 1.29 is 18.1 Å². The quantitative estimate of drug-likeness (QED) is 0.562. The van der Waals surface area contributed by atoms with Gasteiger partial charge in [0.25, 0.3) is 5.69 Å². The normalized spacial score (nSPS) is 17.8. The summed E-state index contributed by atoms with van der Waals surface area (Å²) in [6.45, 7) is 2.32. The van der Waals surface area contributed by atoms with Gasteiger partial charge in [0.1, 0.15) is 0 Å². The number of methoxy groups -OCH3 is 1. The molecule has 9 heteroatoms. The Morgan fingerprint density at radius 1 is 1.39 bits per heavy atom. The molecule has 1 aliphatic rings. The maximum atomic E-state index is 12.4. The fraction of sp³-hybridized carbons (Fsp3) is 0.571. The van der Waals surface area contributed by atoms with E-state index in [-0.39, 0.29) is 22.5 Å². The van der Waals surface area contributed by atoms with Gasteiger partial charge in [-0.1, -0.05) is 6.07 Å². The minimum Gasteiger partial charge on any atom is -0.384 e. The first kappa shape index (κ1) is 17.8.